The average molecular weight is 555 g/mol. The zero-order valence-electron chi connectivity index (χ0n) is 22.0. The normalized spacial score (nSPS) is 19.2. The predicted molar refractivity (Wildman–Crippen MR) is 148 cm³/mol. The summed E-state index contributed by atoms with van der Waals surface area (Å²) in [5, 5.41) is 16.3. The summed E-state index contributed by atoms with van der Waals surface area (Å²) in [5.74, 6) is -1.33. The molecule has 2 aliphatic rings. The molecule has 2 aromatic carbocycles. The average Bonchev–Trinajstić information content (AvgIpc) is 3.33. The predicted octanol–water partition coefficient (Wildman–Crippen LogP) is 2.78. The van der Waals surface area contributed by atoms with E-state index in [0.29, 0.717) is 18.6 Å². The van der Waals surface area contributed by atoms with E-state index < -0.39 is 42.1 Å². The number of nitrogens with zero attached hydrogens (tertiary/aromatic N) is 1. The molecular weight excluding hydrogens is 520 g/mol. The van der Waals surface area contributed by atoms with Gasteiger partial charge in [-0.25, -0.2) is 0 Å². The summed E-state index contributed by atoms with van der Waals surface area (Å²) < 4.78 is 11.0. The first-order chi connectivity index (χ1) is 18.7. The highest BCUT2D eigenvalue weighted by molar-refractivity contribution is 7.99. The largest absolute Gasteiger partial charge is 0.484 e. The van der Waals surface area contributed by atoms with Gasteiger partial charge in [0.15, 0.2) is 12.9 Å². The third-order valence-electron chi connectivity index (χ3n) is 6.52. The molecule has 0 aliphatic carbocycles. The molecule has 2 heterocycles. The van der Waals surface area contributed by atoms with Gasteiger partial charge in [0.25, 0.3) is 5.91 Å². The molecule has 1 fully saturated rings. The Labute approximate surface area is 231 Å². The molecule has 1 saturated heterocycles. The molecule has 3 amide bonds. The van der Waals surface area contributed by atoms with Crippen molar-refractivity contribution in [2.45, 2.75) is 60.9 Å². The van der Waals surface area contributed by atoms with E-state index in [9.17, 15) is 19.5 Å². The van der Waals surface area contributed by atoms with E-state index in [4.69, 9.17) is 15.2 Å². The van der Waals surface area contributed by atoms with Crippen molar-refractivity contribution < 1.29 is 29.0 Å². The maximum Gasteiger partial charge on any atom is 0.258 e. The quantitative estimate of drug-likeness (QED) is 0.265. The molecule has 0 spiro atoms. The van der Waals surface area contributed by atoms with Crippen LogP contribution in [0.5, 0.6) is 5.75 Å². The Morgan fingerprint density at radius 1 is 1.26 bits per heavy atom. The number of fused-ring (bicyclic) bond motifs is 2. The number of aliphatic hydroxyl groups excluding tert-OH is 1. The van der Waals surface area contributed by atoms with E-state index in [1.54, 1.807) is 17.8 Å². The van der Waals surface area contributed by atoms with Crippen LogP contribution in [0.4, 0.5) is 11.4 Å². The van der Waals surface area contributed by atoms with Gasteiger partial charge >= 0.3 is 0 Å². The number of amides is 3. The number of ether oxygens (including phenoxy) is 2. The summed E-state index contributed by atoms with van der Waals surface area (Å²) in [6.45, 7) is 7.37. The van der Waals surface area contributed by atoms with Crippen molar-refractivity contribution in [2.75, 3.05) is 18.5 Å². The molecule has 39 heavy (non-hydrogen) atoms. The lowest BCUT2D eigenvalue weighted by Crippen LogP contribution is -2.60. The summed E-state index contributed by atoms with van der Waals surface area (Å²) >= 11 is 1.64. The van der Waals surface area contributed by atoms with Crippen LogP contribution in [0.15, 0.2) is 64.9 Å². The minimum absolute atomic E-state index is 0.0421. The number of primary amides is 1. The number of hydrogen-bond donors (Lipinski definition) is 4. The summed E-state index contributed by atoms with van der Waals surface area (Å²) in [7, 11) is 0. The van der Waals surface area contributed by atoms with Gasteiger partial charge in [0.1, 0.15) is 17.8 Å². The Balaban J connectivity index is 1.42. The number of para-hydroxylation sites is 1. The highest BCUT2D eigenvalue weighted by atomic mass is 32.2. The van der Waals surface area contributed by atoms with Gasteiger partial charge in [0.2, 0.25) is 11.8 Å². The standard InChI is InChI=1S/C28H34N4O6S/c1-4-18(27(35)32(21-11-12-37-28(21)36)22(26(29)34)13-16(2)3)31-25(33)15-38-17-9-10-24-20(14-17)30-19-7-5-6-8-23(19)39-24/h4-10,14,16,18,21-22,28,30,36H,1,11-13,15H2,2-3H3,(H2,29,34)(H,31,33)/t18-,21-,22-,28?/m0/s1. The van der Waals surface area contributed by atoms with Gasteiger partial charge < -0.3 is 35.8 Å². The Kier molecular flexibility index (Phi) is 9.16. The van der Waals surface area contributed by atoms with Gasteiger partial charge in [-0.15, -0.1) is 6.58 Å². The highest BCUT2D eigenvalue weighted by Crippen LogP contribution is 2.45. The third-order valence-corrected chi connectivity index (χ3v) is 7.67. The fraction of sp³-hybridized carbons (Fsp3) is 0.393. The number of nitrogens with two attached hydrogens (primary N) is 1. The van der Waals surface area contributed by atoms with Gasteiger partial charge in [-0.3, -0.25) is 14.4 Å². The molecule has 1 unspecified atom stereocenters. The molecule has 11 heteroatoms. The third kappa shape index (κ3) is 6.73. The Hall–Kier alpha value is -3.54. The second-order valence-electron chi connectivity index (χ2n) is 9.86. The molecule has 208 valence electrons. The number of nitrogens with one attached hydrogen (secondary N) is 2. The SMILES string of the molecule is C=C[C@H](NC(=O)COc1ccc2c(c1)Nc1ccccc1S2)C(=O)N([C@@H](CC(C)C)C(N)=O)[C@H]1CCOC1O. The molecular formula is C28H34N4O6S. The fourth-order valence-electron chi connectivity index (χ4n) is 4.66. The van der Waals surface area contributed by atoms with Crippen molar-refractivity contribution in [1.29, 1.82) is 0 Å². The monoisotopic (exact) mass is 554 g/mol. The van der Waals surface area contributed by atoms with E-state index in [0.717, 1.165) is 21.2 Å². The van der Waals surface area contributed by atoms with Crippen molar-refractivity contribution in [3.05, 3.63) is 55.1 Å². The van der Waals surface area contributed by atoms with Crippen molar-refractivity contribution >= 4 is 40.9 Å². The first-order valence-electron chi connectivity index (χ1n) is 12.8. The molecule has 5 N–H and O–H groups in total. The van der Waals surface area contributed by atoms with E-state index >= 15 is 0 Å². The van der Waals surface area contributed by atoms with Gasteiger partial charge in [-0.2, -0.15) is 0 Å². The van der Waals surface area contributed by atoms with E-state index in [2.05, 4.69) is 17.2 Å². The van der Waals surface area contributed by atoms with E-state index in [1.807, 2.05) is 50.2 Å². The van der Waals surface area contributed by atoms with Crippen molar-refractivity contribution in [3.8, 4) is 5.75 Å². The summed E-state index contributed by atoms with van der Waals surface area (Å²) in [4.78, 5) is 42.2. The Bertz CT molecular complexity index is 1240. The first kappa shape index (κ1) is 28.5. The van der Waals surface area contributed by atoms with Crippen molar-refractivity contribution in [3.63, 3.8) is 0 Å². The smallest absolute Gasteiger partial charge is 0.258 e. The number of benzene rings is 2. The maximum atomic E-state index is 13.6. The molecule has 0 bridgehead atoms. The van der Waals surface area contributed by atoms with Crippen LogP contribution in [0.2, 0.25) is 0 Å². The molecule has 0 radical (unpaired) electrons. The van der Waals surface area contributed by atoms with Crippen LogP contribution < -0.4 is 21.1 Å². The van der Waals surface area contributed by atoms with E-state index in [1.165, 1.54) is 11.0 Å². The maximum absolute atomic E-state index is 13.6. The minimum atomic E-state index is -1.27. The lowest BCUT2D eigenvalue weighted by molar-refractivity contribution is -0.154. The number of rotatable bonds is 11. The zero-order chi connectivity index (χ0) is 28.1. The van der Waals surface area contributed by atoms with Crippen LogP contribution >= 0.6 is 11.8 Å². The molecule has 0 aromatic heterocycles. The molecule has 2 aliphatic heterocycles. The number of carbonyl (C=O) groups is 3. The number of carbonyl (C=O) groups excluding carboxylic acids is 3. The number of hydrogen-bond acceptors (Lipinski definition) is 8. The van der Waals surface area contributed by atoms with Crippen LogP contribution in [0, 0.1) is 5.92 Å². The summed E-state index contributed by atoms with van der Waals surface area (Å²) in [6.07, 6.45) is 0.626. The second-order valence-corrected chi connectivity index (χ2v) is 10.9. The summed E-state index contributed by atoms with van der Waals surface area (Å²) in [6, 6.07) is 10.5. The van der Waals surface area contributed by atoms with Gasteiger partial charge in [0, 0.05) is 15.9 Å². The number of anilines is 2. The van der Waals surface area contributed by atoms with Gasteiger partial charge in [0.05, 0.1) is 24.0 Å². The number of aliphatic hydroxyl groups is 1. The molecule has 10 nitrogen and oxygen atoms in total. The Morgan fingerprint density at radius 3 is 2.67 bits per heavy atom. The van der Waals surface area contributed by atoms with Crippen LogP contribution in [-0.4, -0.2) is 65.4 Å². The molecule has 0 saturated carbocycles. The highest BCUT2D eigenvalue weighted by Gasteiger charge is 2.42. The van der Waals surface area contributed by atoms with Gasteiger partial charge in [-0.05, 0) is 43.0 Å². The first-order valence-corrected chi connectivity index (χ1v) is 13.6. The lowest BCUT2D eigenvalue weighted by Gasteiger charge is -2.38. The van der Waals surface area contributed by atoms with Crippen LogP contribution in [0.25, 0.3) is 0 Å². The topological polar surface area (TPSA) is 143 Å². The molecule has 4 rings (SSSR count). The van der Waals surface area contributed by atoms with Crippen molar-refractivity contribution in [1.82, 2.24) is 10.2 Å². The Morgan fingerprint density at radius 2 is 2.00 bits per heavy atom. The summed E-state index contributed by atoms with van der Waals surface area (Å²) in [5.41, 5.74) is 7.53. The second kappa shape index (κ2) is 12.5. The van der Waals surface area contributed by atoms with Crippen LogP contribution in [0.1, 0.15) is 26.7 Å². The molecule has 4 atom stereocenters. The van der Waals surface area contributed by atoms with Crippen LogP contribution in [0.3, 0.4) is 0 Å². The fourth-order valence-corrected chi connectivity index (χ4v) is 5.62. The molecule has 2 aromatic rings. The van der Waals surface area contributed by atoms with E-state index in [-0.39, 0.29) is 19.1 Å². The van der Waals surface area contributed by atoms with Gasteiger partial charge in [-0.1, -0.05) is 43.8 Å². The lowest BCUT2D eigenvalue weighted by atomic mass is 9.98. The van der Waals surface area contributed by atoms with Crippen molar-refractivity contribution in [2.24, 2.45) is 11.7 Å². The zero-order valence-corrected chi connectivity index (χ0v) is 22.8. The van der Waals surface area contributed by atoms with Crippen LogP contribution in [-0.2, 0) is 19.1 Å². The minimum Gasteiger partial charge on any atom is -0.484 e.